The van der Waals surface area contributed by atoms with Crippen LogP contribution in [-0.2, 0) is 16.8 Å². The zero-order valence-electron chi connectivity index (χ0n) is 22.6. The molecule has 4 aromatic rings. The van der Waals surface area contributed by atoms with Crippen LogP contribution in [0.15, 0.2) is 81.1 Å². The Morgan fingerprint density at radius 1 is 0.447 bits per heavy atom. The van der Waals surface area contributed by atoms with E-state index < -0.39 is 76.8 Å². The molecule has 0 unspecified atom stereocenters. The second-order valence-electron chi connectivity index (χ2n) is 8.44. The maximum absolute atomic E-state index is 10.8. The van der Waals surface area contributed by atoms with Crippen molar-refractivity contribution >= 4 is 45.5 Å². The monoisotopic (exact) mass is 699 g/mol. The molecular weight excluding hydrogens is 683 g/mol. The molecule has 245 valence electrons. The summed E-state index contributed by atoms with van der Waals surface area (Å²) in [6.07, 6.45) is 0. The van der Waals surface area contributed by atoms with Crippen molar-refractivity contribution in [2.24, 2.45) is 20.5 Å². The molecule has 23 heteroatoms. The topological polar surface area (TPSA) is 343 Å². The second-order valence-corrected chi connectivity index (χ2v) is 8.44. The molecule has 1 radical (unpaired) electrons. The summed E-state index contributed by atoms with van der Waals surface area (Å²) in [7, 11) is 0. The van der Waals surface area contributed by atoms with E-state index in [-0.39, 0.29) is 39.7 Å². The molecule has 0 saturated heterocycles. The molecule has 0 aliphatic carbocycles. The van der Waals surface area contributed by atoms with E-state index in [1.54, 1.807) is 0 Å². The summed E-state index contributed by atoms with van der Waals surface area (Å²) in [4.78, 5) is 39.4. The standard InChI is InChI=1S/2C12H8N4O7.Co/c2*17-7-1-2-8(11(18)5-7)13-14-9-3-6(15(20)21)4-10(12(9)19)16(22)23;/h2*1-5,17-19H;. The van der Waals surface area contributed by atoms with Gasteiger partial charge in [-0.1, -0.05) is 0 Å². The van der Waals surface area contributed by atoms with Crippen LogP contribution in [0.5, 0.6) is 34.5 Å². The third-order valence-corrected chi connectivity index (χ3v) is 5.37. The first-order chi connectivity index (χ1) is 21.6. The summed E-state index contributed by atoms with van der Waals surface area (Å²) in [5, 5.41) is 114. The fraction of sp³-hybridized carbons (Fsp3) is 0. The summed E-state index contributed by atoms with van der Waals surface area (Å²) < 4.78 is 0. The zero-order chi connectivity index (χ0) is 34.3. The number of benzene rings is 4. The van der Waals surface area contributed by atoms with Crippen molar-refractivity contribution in [1.29, 1.82) is 0 Å². The van der Waals surface area contributed by atoms with Gasteiger partial charge < -0.3 is 30.6 Å². The smallest absolute Gasteiger partial charge is 0.319 e. The largest absolute Gasteiger partial charge is 0.508 e. The predicted octanol–water partition coefficient (Wildman–Crippen LogP) is 6.07. The first kappa shape index (κ1) is 36.2. The molecule has 4 rings (SSSR count). The van der Waals surface area contributed by atoms with Gasteiger partial charge in [0.05, 0.1) is 31.8 Å². The molecule has 0 saturated carbocycles. The molecule has 4 aromatic carbocycles. The van der Waals surface area contributed by atoms with Gasteiger partial charge in [-0.25, -0.2) is 0 Å². The number of hydrogen-bond acceptors (Lipinski definition) is 18. The van der Waals surface area contributed by atoms with Gasteiger partial charge in [-0.2, -0.15) is 0 Å². The Balaban J connectivity index is 0.000000320. The number of phenols is 6. The molecule has 0 atom stereocenters. The molecule has 0 amide bonds. The molecule has 0 heterocycles. The van der Waals surface area contributed by atoms with Crippen LogP contribution in [0.4, 0.5) is 45.5 Å². The fourth-order valence-electron chi connectivity index (χ4n) is 3.23. The molecule has 0 aliphatic heterocycles. The summed E-state index contributed by atoms with van der Waals surface area (Å²) in [5.41, 5.74) is -4.37. The molecule has 0 spiro atoms. The van der Waals surface area contributed by atoms with Gasteiger partial charge in [0.1, 0.15) is 45.7 Å². The average Bonchev–Trinajstić information content (AvgIpc) is 2.97. The number of nitro groups is 4. The Hall–Kier alpha value is -7.01. The van der Waals surface area contributed by atoms with Crippen molar-refractivity contribution in [3.8, 4) is 34.5 Å². The Kier molecular flexibility index (Phi) is 11.6. The van der Waals surface area contributed by atoms with Gasteiger partial charge >= 0.3 is 11.4 Å². The Labute approximate surface area is 268 Å². The third-order valence-electron chi connectivity index (χ3n) is 5.37. The van der Waals surface area contributed by atoms with E-state index in [0.29, 0.717) is 12.1 Å². The van der Waals surface area contributed by atoms with Gasteiger partial charge in [0.15, 0.2) is 0 Å². The summed E-state index contributed by atoms with van der Waals surface area (Å²) >= 11 is 0. The first-order valence-electron chi connectivity index (χ1n) is 11.8. The Morgan fingerprint density at radius 3 is 1.04 bits per heavy atom. The van der Waals surface area contributed by atoms with Gasteiger partial charge in [0.2, 0.25) is 11.5 Å². The van der Waals surface area contributed by atoms with E-state index in [2.05, 4.69) is 20.5 Å². The minimum atomic E-state index is -1.00. The third kappa shape index (κ3) is 9.00. The number of non-ortho nitro benzene ring substituents is 2. The molecule has 6 N–H and O–H groups in total. The normalized spacial score (nSPS) is 10.6. The summed E-state index contributed by atoms with van der Waals surface area (Å²) in [5.74, 6) is -3.13. The van der Waals surface area contributed by atoms with Gasteiger partial charge in [0.25, 0.3) is 11.4 Å². The minimum absolute atomic E-state index is 0. The molecule has 0 aliphatic rings. The quantitative estimate of drug-likeness (QED) is 0.0690. The number of phenolic OH excluding ortho intramolecular Hbond substituents is 6. The van der Waals surface area contributed by atoms with E-state index in [9.17, 15) is 60.9 Å². The van der Waals surface area contributed by atoms with Crippen molar-refractivity contribution in [2.45, 2.75) is 0 Å². The van der Waals surface area contributed by atoms with Crippen LogP contribution in [0.3, 0.4) is 0 Å². The van der Waals surface area contributed by atoms with Crippen LogP contribution >= 0.6 is 0 Å². The van der Waals surface area contributed by atoms with E-state index in [0.717, 1.165) is 24.3 Å². The summed E-state index contributed by atoms with van der Waals surface area (Å²) in [6, 6.07) is 9.50. The van der Waals surface area contributed by atoms with Crippen LogP contribution in [0.2, 0.25) is 0 Å². The van der Waals surface area contributed by atoms with E-state index in [1.807, 2.05) is 0 Å². The number of hydrogen-bond donors (Lipinski definition) is 6. The van der Waals surface area contributed by atoms with Gasteiger partial charge in [-0.3, -0.25) is 40.5 Å². The van der Waals surface area contributed by atoms with Gasteiger partial charge in [-0.15, -0.1) is 20.5 Å². The molecule has 0 bridgehead atoms. The van der Waals surface area contributed by atoms with Crippen LogP contribution < -0.4 is 0 Å². The molecule has 0 aromatic heterocycles. The molecular formula is C24H16CoN8O14. The Morgan fingerprint density at radius 2 is 0.766 bits per heavy atom. The minimum Gasteiger partial charge on any atom is -0.508 e. The average molecular weight is 699 g/mol. The molecule has 0 fully saturated rings. The molecule has 22 nitrogen and oxygen atoms in total. The van der Waals surface area contributed by atoms with Crippen LogP contribution in [0, 0.1) is 40.5 Å². The van der Waals surface area contributed by atoms with Gasteiger partial charge in [0, 0.05) is 41.0 Å². The van der Waals surface area contributed by atoms with E-state index >= 15 is 0 Å². The maximum Gasteiger partial charge on any atom is 0.319 e. The van der Waals surface area contributed by atoms with Crippen molar-refractivity contribution in [3.05, 3.63) is 101 Å². The zero-order valence-corrected chi connectivity index (χ0v) is 23.7. The number of azo groups is 2. The number of nitrogens with zero attached hydrogens (tertiary/aromatic N) is 8. The van der Waals surface area contributed by atoms with Crippen molar-refractivity contribution in [2.75, 3.05) is 0 Å². The van der Waals surface area contributed by atoms with E-state index in [1.165, 1.54) is 24.3 Å². The van der Waals surface area contributed by atoms with Crippen molar-refractivity contribution in [1.82, 2.24) is 0 Å². The van der Waals surface area contributed by atoms with Crippen molar-refractivity contribution < 1.29 is 67.1 Å². The summed E-state index contributed by atoms with van der Waals surface area (Å²) in [6.45, 7) is 0. The van der Waals surface area contributed by atoms with E-state index in [4.69, 9.17) is 10.2 Å². The number of nitro benzene ring substituents is 4. The van der Waals surface area contributed by atoms with Crippen LogP contribution in [0.1, 0.15) is 0 Å². The number of aromatic hydroxyl groups is 6. The Bertz CT molecular complexity index is 1810. The number of rotatable bonds is 8. The van der Waals surface area contributed by atoms with Crippen LogP contribution in [-0.4, -0.2) is 50.3 Å². The second kappa shape index (κ2) is 15.1. The fourth-order valence-corrected chi connectivity index (χ4v) is 3.23. The first-order valence-corrected chi connectivity index (χ1v) is 11.8. The SMILES string of the molecule is O=[N+]([O-])c1cc(N=Nc2ccc(O)cc2O)c(O)c([N+](=O)[O-])c1.O=[N+]([O-])c1cc(N=Nc2ccc(O)cc2O)c(O)c([N+](=O)[O-])c1.[Co]. The molecule has 47 heavy (non-hydrogen) atoms. The van der Waals surface area contributed by atoms with Crippen molar-refractivity contribution in [3.63, 3.8) is 0 Å². The van der Waals surface area contributed by atoms with Gasteiger partial charge in [-0.05, 0) is 24.3 Å². The maximum atomic E-state index is 10.8. The predicted molar refractivity (Wildman–Crippen MR) is 151 cm³/mol. The van der Waals surface area contributed by atoms with Crippen LogP contribution in [0.25, 0.3) is 0 Å².